The zero-order valence-electron chi connectivity index (χ0n) is 47.5. The number of hydrogen-bond acceptors (Lipinski definition) is 17. The van der Waals surface area contributed by atoms with Gasteiger partial charge in [-0.2, -0.15) is 4.98 Å². The van der Waals surface area contributed by atoms with Gasteiger partial charge in [-0.25, -0.2) is 18.4 Å². The number of piperidine rings is 1. The molecule has 2 fully saturated rings. The van der Waals surface area contributed by atoms with Crippen molar-refractivity contribution in [2.75, 3.05) is 69.9 Å². The van der Waals surface area contributed by atoms with E-state index in [1.807, 2.05) is 89.8 Å². The number of aryl methyl sites for hydroxylation is 2. The number of rotatable bonds is 25. The van der Waals surface area contributed by atoms with E-state index in [2.05, 4.69) is 36.2 Å². The van der Waals surface area contributed by atoms with Gasteiger partial charge in [0.15, 0.2) is 15.7 Å². The number of nitrogens with one attached hydrogen (secondary N) is 4. The van der Waals surface area contributed by atoms with Gasteiger partial charge in [0, 0.05) is 32.6 Å². The van der Waals surface area contributed by atoms with Crippen molar-refractivity contribution in [1.82, 2.24) is 35.4 Å². The second-order valence-electron chi connectivity index (χ2n) is 21.9. The van der Waals surface area contributed by atoms with Crippen LogP contribution in [-0.2, 0) is 49.8 Å². The van der Waals surface area contributed by atoms with Crippen molar-refractivity contribution >= 4 is 79.5 Å². The van der Waals surface area contributed by atoms with Crippen molar-refractivity contribution in [2.24, 2.45) is 5.41 Å². The maximum absolute atomic E-state index is 14.0. The second-order valence-corrected chi connectivity index (χ2v) is 25.7. The van der Waals surface area contributed by atoms with Crippen LogP contribution in [0.15, 0.2) is 77.3 Å². The molecule has 2 aliphatic rings. The Bertz CT molecular complexity index is 3090. The molecule has 4 heterocycles. The van der Waals surface area contributed by atoms with E-state index in [0.717, 1.165) is 45.7 Å². The number of anilines is 4. The van der Waals surface area contributed by atoms with Gasteiger partial charge in [0.05, 0.1) is 82.4 Å². The molecule has 0 spiro atoms. The molecular formula is C58H76ClN9O11S2. The van der Waals surface area contributed by atoms with E-state index in [9.17, 15) is 32.7 Å². The zero-order chi connectivity index (χ0) is 58.6. The summed E-state index contributed by atoms with van der Waals surface area (Å²) in [6.07, 6.45) is 1.96. The highest BCUT2D eigenvalue weighted by Gasteiger charge is 2.44. The van der Waals surface area contributed by atoms with Crippen LogP contribution in [0, 0.1) is 19.3 Å². The van der Waals surface area contributed by atoms with Gasteiger partial charge < -0.3 is 55.1 Å². The average Bonchev–Trinajstić information content (AvgIpc) is 4.05. The predicted octanol–water partition coefficient (Wildman–Crippen LogP) is 7.89. The summed E-state index contributed by atoms with van der Waals surface area (Å²) >= 11 is 8.08. The lowest BCUT2D eigenvalue weighted by molar-refractivity contribution is -0.144. The number of aromatic nitrogens is 3. The standard InChI is InChI=1S/C58H76ClN9O11S2/c1-35(2)79-48-28-43(37(5)26-46(48)64-57-61-30-44(59)54(66-57)63-45-12-10-11-13-49(45)81(74,75)36(3)4)40-18-20-67(21-19-40)51(71)33-78-25-23-76-22-24-77-32-50(70)65-53(58(7,8)9)56(73)68-31-42(69)27-47(68)55(72)60-29-39-14-16-41(17-15-39)52-38(6)62-34-80-52/h10-17,26,28,30,34-36,40,42,47,53,69H,18-25,27,29,31-33H2,1-9H3,(H,60,72)(H,65,70)(H2,61,63,64,66)/t42-,47+,53-/m1/s1. The number of aliphatic hydroxyl groups excluding tert-OH is 1. The molecule has 81 heavy (non-hydrogen) atoms. The minimum absolute atomic E-state index is 0.0399. The first kappa shape index (κ1) is 62.3. The first-order valence-electron chi connectivity index (χ1n) is 27.3. The number of aliphatic hydroxyl groups is 1. The molecule has 5 aromatic rings. The lowest BCUT2D eigenvalue weighted by Gasteiger charge is -2.35. The summed E-state index contributed by atoms with van der Waals surface area (Å²) < 4.78 is 49.4. The van der Waals surface area contributed by atoms with Crippen LogP contribution < -0.4 is 26.0 Å². The lowest BCUT2D eigenvalue weighted by atomic mass is 9.85. The third kappa shape index (κ3) is 16.7. The monoisotopic (exact) mass is 1170 g/mol. The highest BCUT2D eigenvalue weighted by Crippen LogP contribution is 2.39. The fourth-order valence-corrected chi connectivity index (χ4v) is 11.8. The Morgan fingerprint density at radius 2 is 1.56 bits per heavy atom. The van der Waals surface area contributed by atoms with Gasteiger partial charge in [-0.3, -0.25) is 19.2 Å². The van der Waals surface area contributed by atoms with Crippen LogP contribution in [0.4, 0.5) is 23.1 Å². The van der Waals surface area contributed by atoms with E-state index < -0.39 is 56.4 Å². The van der Waals surface area contributed by atoms with Gasteiger partial charge in [0.2, 0.25) is 29.6 Å². The summed E-state index contributed by atoms with van der Waals surface area (Å²) in [7, 11) is -3.61. The number of thiazole rings is 1. The molecule has 0 bridgehead atoms. The summed E-state index contributed by atoms with van der Waals surface area (Å²) in [6.45, 7) is 18.1. The molecule has 2 saturated heterocycles. The minimum atomic E-state index is -3.61. The van der Waals surface area contributed by atoms with Crippen molar-refractivity contribution in [3.63, 3.8) is 0 Å². The molecule has 0 saturated carbocycles. The minimum Gasteiger partial charge on any atom is -0.489 e. The molecule has 23 heteroatoms. The van der Waals surface area contributed by atoms with Crippen LogP contribution in [0.1, 0.15) is 96.0 Å². The molecule has 438 valence electrons. The maximum Gasteiger partial charge on any atom is 0.248 e. The topological polar surface area (TPSA) is 253 Å². The number of sulfone groups is 1. The number of para-hydroxylation sites is 1. The number of amides is 4. The Labute approximate surface area is 484 Å². The van der Waals surface area contributed by atoms with Gasteiger partial charge in [-0.1, -0.05) is 68.8 Å². The molecule has 20 nitrogen and oxygen atoms in total. The van der Waals surface area contributed by atoms with Crippen LogP contribution in [0.25, 0.3) is 10.4 Å². The molecule has 2 aromatic heterocycles. The molecule has 4 amide bonds. The van der Waals surface area contributed by atoms with E-state index in [0.29, 0.717) is 30.2 Å². The number of hydrogen-bond donors (Lipinski definition) is 5. The van der Waals surface area contributed by atoms with E-state index in [1.54, 1.807) is 55.0 Å². The summed E-state index contributed by atoms with van der Waals surface area (Å²) in [5.41, 5.74) is 7.06. The highest BCUT2D eigenvalue weighted by molar-refractivity contribution is 7.92. The highest BCUT2D eigenvalue weighted by atomic mass is 35.5. The van der Waals surface area contributed by atoms with Crippen molar-refractivity contribution in [3.05, 3.63) is 99.8 Å². The Morgan fingerprint density at radius 3 is 2.21 bits per heavy atom. The molecule has 2 aliphatic heterocycles. The number of ether oxygens (including phenoxy) is 4. The van der Waals surface area contributed by atoms with Gasteiger partial charge in [0.1, 0.15) is 36.1 Å². The van der Waals surface area contributed by atoms with Crippen molar-refractivity contribution < 1.29 is 51.6 Å². The number of likely N-dealkylation sites (tertiary alicyclic amines) is 2. The number of nitrogens with zero attached hydrogens (tertiary/aromatic N) is 5. The van der Waals surface area contributed by atoms with E-state index >= 15 is 0 Å². The van der Waals surface area contributed by atoms with Crippen molar-refractivity contribution in [2.45, 2.75) is 128 Å². The van der Waals surface area contributed by atoms with Gasteiger partial charge in [-0.15, -0.1) is 11.3 Å². The lowest BCUT2D eigenvalue weighted by Crippen LogP contribution is -2.58. The molecule has 0 aliphatic carbocycles. The molecule has 0 unspecified atom stereocenters. The smallest absolute Gasteiger partial charge is 0.248 e. The first-order chi connectivity index (χ1) is 38.5. The fraction of sp³-hybridized carbons (Fsp3) is 0.500. The van der Waals surface area contributed by atoms with E-state index in [1.165, 1.54) is 11.1 Å². The molecule has 0 radical (unpaired) electrons. The third-order valence-electron chi connectivity index (χ3n) is 14.0. The SMILES string of the molecule is Cc1cc(Nc2ncc(Cl)c(Nc3ccccc3S(=O)(=O)C(C)C)n2)c(OC(C)C)cc1C1CCN(C(=O)COCCOCCOCC(=O)N[C@H](C(=O)N2C[C@H](O)C[C@H]2C(=O)NCc2ccc(-c3scnc3C)cc2)C(C)(C)C)CC1. The normalized spacial score (nSPS) is 16.4. The summed E-state index contributed by atoms with van der Waals surface area (Å²) in [6, 6.07) is 16.5. The van der Waals surface area contributed by atoms with Gasteiger partial charge in [-0.05, 0) is 112 Å². The van der Waals surface area contributed by atoms with Crippen molar-refractivity contribution in [3.8, 4) is 16.2 Å². The number of carbonyl (C=O) groups is 4. The van der Waals surface area contributed by atoms with Crippen LogP contribution in [-0.4, -0.2) is 151 Å². The fourth-order valence-electron chi connectivity index (χ4n) is 9.60. The molecule has 5 N–H and O–H groups in total. The average molecular weight is 1170 g/mol. The molecular weight excluding hydrogens is 1100 g/mol. The van der Waals surface area contributed by atoms with Crippen LogP contribution in [0.3, 0.4) is 0 Å². The number of halogens is 1. The zero-order valence-corrected chi connectivity index (χ0v) is 49.9. The number of benzene rings is 3. The molecule has 7 rings (SSSR count). The van der Waals surface area contributed by atoms with E-state index in [-0.39, 0.29) is 98.8 Å². The Morgan fingerprint density at radius 1 is 0.877 bits per heavy atom. The Kier molecular flexibility index (Phi) is 21.7. The summed E-state index contributed by atoms with van der Waals surface area (Å²) in [5.74, 6) is -0.268. The third-order valence-corrected chi connectivity index (χ3v) is 17.5. The Hall–Kier alpha value is -6.27. The number of β-amino-alcohol motifs (C(OH)–C–C–N with tert-alkyl or cyclic N) is 1. The molecule has 3 aromatic carbocycles. The quantitative estimate of drug-likeness (QED) is 0.0348. The first-order valence-corrected chi connectivity index (χ1v) is 30.1. The summed E-state index contributed by atoms with van der Waals surface area (Å²) in [4.78, 5) is 71.5. The van der Waals surface area contributed by atoms with Crippen LogP contribution in [0.5, 0.6) is 5.75 Å². The second kappa shape index (κ2) is 28.1. The van der Waals surface area contributed by atoms with Crippen LogP contribution in [0.2, 0.25) is 5.02 Å². The van der Waals surface area contributed by atoms with Gasteiger partial charge >= 0.3 is 0 Å². The number of carbonyl (C=O) groups excluding carboxylic acids is 4. The molecule has 3 atom stereocenters. The van der Waals surface area contributed by atoms with Gasteiger partial charge in [0.25, 0.3) is 0 Å². The van der Waals surface area contributed by atoms with E-state index in [4.69, 9.17) is 30.5 Å². The summed E-state index contributed by atoms with van der Waals surface area (Å²) in [5, 5.41) is 22.2. The maximum atomic E-state index is 14.0. The van der Waals surface area contributed by atoms with Crippen LogP contribution >= 0.6 is 22.9 Å². The van der Waals surface area contributed by atoms with Crippen molar-refractivity contribution in [1.29, 1.82) is 0 Å². The predicted molar refractivity (Wildman–Crippen MR) is 312 cm³/mol. The largest absolute Gasteiger partial charge is 0.489 e. The Balaban J connectivity index is 0.805.